The second-order valence-electron chi connectivity index (χ2n) is 3.59. The van der Waals surface area contributed by atoms with Crippen molar-refractivity contribution < 1.29 is 9.47 Å². The molecule has 0 aliphatic carbocycles. The molecule has 2 rings (SSSR count). The predicted molar refractivity (Wildman–Crippen MR) is 60.2 cm³/mol. The number of ether oxygens (including phenoxy) is 2. The molecule has 1 aromatic rings. The average molecular weight is 228 g/mol. The van der Waals surface area contributed by atoms with Gasteiger partial charge < -0.3 is 14.8 Å². The first kappa shape index (κ1) is 10.6. The van der Waals surface area contributed by atoms with Crippen LogP contribution in [0, 0.1) is 0 Å². The highest BCUT2D eigenvalue weighted by molar-refractivity contribution is 6.30. The van der Waals surface area contributed by atoms with Crippen LogP contribution in [0.4, 0.5) is 0 Å². The van der Waals surface area contributed by atoms with Gasteiger partial charge in [0.05, 0.1) is 14.2 Å². The molecule has 3 nitrogen and oxygen atoms in total. The smallest absolute Gasteiger partial charge is 0.164 e. The molecule has 1 aliphatic heterocycles. The lowest BCUT2D eigenvalue weighted by molar-refractivity contribution is 0.342. The van der Waals surface area contributed by atoms with E-state index in [1.54, 1.807) is 20.3 Å². The molecular formula is C11H14ClNO2. The molecule has 82 valence electrons. The standard InChI is InChI=1S/C11H14ClNO2/c1-14-10-4-8(12)3-9(11(10)15-2)7-5-13-6-7/h3-4,7,13H,5-6H2,1-2H3. The summed E-state index contributed by atoms with van der Waals surface area (Å²) < 4.78 is 10.6. The topological polar surface area (TPSA) is 30.5 Å². The molecule has 1 fully saturated rings. The Labute approximate surface area is 94.3 Å². The van der Waals surface area contributed by atoms with Crippen LogP contribution in [0.2, 0.25) is 5.02 Å². The maximum absolute atomic E-state index is 6.03. The number of hydrogen-bond donors (Lipinski definition) is 1. The number of nitrogens with one attached hydrogen (secondary N) is 1. The van der Waals surface area contributed by atoms with Gasteiger partial charge in [-0.3, -0.25) is 0 Å². The van der Waals surface area contributed by atoms with Crippen molar-refractivity contribution in [3.8, 4) is 11.5 Å². The van der Waals surface area contributed by atoms with E-state index in [1.165, 1.54) is 0 Å². The Morgan fingerprint density at radius 2 is 2.00 bits per heavy atom. The number of benzene rings is 1. The summed E-state index contributed by atoms with van der Waals surface area (Å²) in [6.45, 7) is 1.94. The fraction of sp³-hybridized carbons (Fsp3) is 0.455. The van der Waals surface area contributed by atoms with E-state index in [0.717, 1.165) is 24.4 Å². The van der Waals surface area contributed by atoms with Crippen LogP contribution in [0.25, 0.3) is 0 Å². The molecule has 1 aliphatic rings. The molecule has 0 atom stereocenters. The van der Waals surface area contributed by atoms with Crippen LogP contribution >= 0.6 is 11.6 Å². The monoisotopic (exact) mass is 227 g/mol. The summed E-state index contributed by atoms with van der Waals surface area (Å²) in [5.74, 6) is 1.98. The van der Waals surface area contributed by atoms with Crippen molar-refractivity contribution in [2.75, 3.05) is 27.3 Å². The summed E-state index contributed by atoms with van der Waals surface area (Å²) in [6.07, 6.45) is 0. The Hall–Kier alpha value is -0.930. The molecule has 1 heterocycles. The maximum Gasteiger partial charge on any atom is 0.164 e. The van der Waals surface area contributed by atoms with Gasteiger partial charge in [-0.15, -0.1) is 0 Å². The van der Waals surface area contributed by atoms with Crippen LogP contribution in [-0.4, -0.2) is 27.3 Å². The Kier molecular flexibility index (Phi) is 3.03. The van der Waals surface area contributed by atoms with Gasteiger partial charge in [0.25, 0.3) is 0 Å². The van der Waals surface area contributed by atoms with Gasteiger partial charge in [0, 0.05) is 35.7 Å². The summed E-state index contributed by atoms with van der Waals surface area (Å²) in [6, 6.07) is 3.73. The van der Waals surface area contributed by atoms with Gasteiger partial charge in [0.2, 0.25) is 0 Å². The average Bonchev–Trinajstić information content (AvgIpc) is 2.14. The second-order valence-corrected chi connectivity index (χ2v) is 4.02. The second kappa shape index (κ2) is 4.29. The maximum atomic E-state index is 6.03. The van der Waals surface area contributed by atoms with Crippen molar-refractivity contribution in [2.24, 2.45) is 0 Å². The van der Waals surface area contributed by atoms with Crippen molar-refractivity contribution in [1.29, 1.82) is 0 Å². The fourth-order valence-electron chi connectivity index (χ4n) is 1.77. The van der Waals surface area contributed by atoms with E-state index in [9.17, 15) is 0 Å². The number of methoxy groups -OCH3 is 2. The van der Waals surface area contributed by atoms with Crippen LogP contribution in [-0.2, 0) is 0 Å². The zero-order chi connectivity index (χ0) is 10.8. The molecule has 0 spiro atoms. The number of halogens is 1. The third kappa shape index (κ3) is 1.90. The first-order chi connectivity index (χ1) is 7.26. The van der Waals surface area contributed by atoms with Gasteiger partial charge in [-0.05, 0) is 6.07 Å². The van der Waals surface area contributed by atoms with Crippen LogP contribution in [0.5, 0.6) is 11.5 Å². The van der Waals surface area contributed by atoms with E-state index < -0.39 is 0 Å². The molecule has 0 bridgehead atoms. The first-order valence-corrected chi connectivity index (χ1v) is 5.26. The summed E-state index contributed by atoms with van der Waals surface area (Å²) in [5, 5.41) is 3.92. The lowest BCUT2D eigenvalue weighted by atomic mass is 9.92. The van der Waals surface area contributed by atoms with Crippen LogP contribution in [0.15, 0.2) is 12.1 Å². The molecule has 1 saturated heterocycles. The summed E-state index contributed by atoms with van der Waals surface area (Å²) >= 11 is 6.03. The van der Waals surface area contributed by atoms with Crippen LogP contribution in [0.3, 0.4) is 0 Å². The van der Waals surface area contributed by atoms with Gasteiger partial charge in [0.1, 0.15) is 0 Å². The van der Waals surface area contributed by atoms with Crippen molar-refractivity contribution in [2.45, 2.75) is 5.92 Å². The Balaban J connectivity index is 2.44. The van der Waals surface area contributed by atoms with Gasteiger partial charge in [-0.25, -0.2) is 0 Å². The third-order valence-electron chi connectivity index (χ3n) is 2.69. The zero-order valence-corrected chi connectivity index (χ0v) is 9.60. The highest BCUT2D eigenvalue weighted by Gasteiger charge is 2.25. The van der Waals surface area contributed by atoms with E-state index in [4.69, 9.17) is 21.1 Å². The lowest BCUT2D eigenvalue weighted by Gasteiger charge is -2.29. The fourth-order valence-corrected chi connectivity index (χ4v) is 1.99. The van der Waals surface area contributed by atoms with Gasteiger partial charge in [-0.1, -0.05) is 11.6 Å². The largest absolute Gasteiger partial charge is 0.493 e. The first-order valence-electron chi connectivity index (χ1n) is 4.88. The quantitative estimate of drug-likeness (QED) is 0.858. The molecule has 1 N–H and O–H groups in total. The molecule has 0 aromatic heterocycles. The van der Waals surface area contributed by atoms with E-state index in [-0.39, 0.29) is 0 Å². The molecular weight excluding hydrogens is 214 g/mol. The van der Waals surface area contributed by atoms with Crippen molar-refractivity contribution in [3.05, 3.63) is 22.7 Å². The van der Waals surface area contributed by atoms with E-state index >= 15 is 0 Å². The van der Waals surface area contributed by atoms with E-state index in [0.29, 0.717) is 16.7 Å². The Bertz CT molecular complexity index is 364. The summed E-state index contributed by atoms with van der Waals surface area (Å²) in [7, 11) is 3.28. The van der Waals surface area contributed by atoms with Crippen molar-refractivity contribution >= 4 is 11.6 Å². The van der Waals surface area contributed by atoms with E-state index in [1.807, 2.05) is 6.07 Å². The highest BCUT2D eigenvalue weighted by atomic mass is 35.5. The molecule has 1 aromatic carbocycles. The Morgan fingerprint density at radius 1 is 1.27 bits per heavy atom. The zero-order valence-electron chi connectivity index (χ0n) is 8.84. The normalized spacial score (nSPS) is 15.9. The van der Waals surface area contributed by atoms with Gasteiger partial charge in [0.15, 0.2) is 11.5 Å². The van der Waals surface area contributed by atoms with Crippen LogP contribution in [0.1, 0.15) is 11.5 Å². The van der Waals surface area contributed by atoms with Crippen molar-refractivity contribution in [1.82, 2.24) is 5.32 Å². The molecule has 0 saturated carbocycles. The molecule has 0 radical (unpaired) electrons. The minimum Gasteiger partial charge on any atom is -0.493 e. The van der Waals surface area contributed by atoms with Crippen molar-refractivity contribution in [3.63, 3.8) is 0 Å². The molecule has 0 amide bonds. The molecule has 4 heteroatoms. The van der Waals surface area contributed by atoms with E-state index in [2.05, 4.69) is 5.32 Å². The van der Waals surface area contributed by atoms with Crippen LogP contribution < -0.4 is 14.8 Å². The minimum absolute atomic E-state index is 0.479. The van der Waals surface area contributed by atoms with Gasteiger partial charge in [-0.2, -0.15) is 0 Å². The third-order valence-corrected chi connectivity index (χ3v) is 2.91. The predicted octanol–water partition coefficient (Wildman–Crippen LogP) is 2.04. The lowest BCUT2D eigenvalue weighted by Crippen LogP contribution is -2.40. The minimum atomic E-state index is 0.479. The number of rotatable bonds is 3. The van der Waals surface area contributed by atoms with Gasteiger partial charge >= 0.3 is 0 Å². The SMILES string of the molecule is COc1cc(Cl)cc(C2CNC2)c1OC. The number of hydrogen-bond acceptors (Lipinski definition) is 3. The summed E-state index contributed by atoms with van der Waals surface area (Å²) in [5.41, 5.74) is 1.13. The summed E-state index contributed by atoms with van der Waals surface area (Å²) in [4.78, 5) is 0. The molecule has 15 heavy (non-hydrogen) atoms. The Morgan fingerprint density at radius 3 is 2.47 bits per heavy atom. The molecule has 0 unspecified atom stereocenters. The highest BCUT2D eigenvalue weighted by Crippen LogP contribution is 2.39.